The number of amides is 2. The Kier molecular flexibility index (Phi) is 10.5. The van der Waals surface area contributed by atoms with Crippen LogP contribution in [0.1, 0.15) is 11.6 Å². The first-order valence-corrected chi connectivity index (χ1v) is 14.3. The zero-order valence-corrected chi connectivity index (χ0v) is 22.1. The third-order valence-corrected chi connectivity index (χ3v) is 7.42. The number of rotatable bonds is 11. The van der Waals surface area contributed by atoms with Gasteiger partial charge in [0.15, 0.2) is 6.61 Å². The van der Waals surface area contributed by atoms with Crippen LogP contribution in [0.2, 0.25) is 0 Å². The van der Waals surface area contributed by atoms with Crippen molar-refractivity contribution in [3.63, 3.8) is 0 Å². The molecular weight excluding hydrogens is 524 g/mol. The number of ether oxygens (including phenoxy) is 1. The minimum Gasteiger partial charge on any atom is -0.508 e. The fraction of sp³-hybridized carbons (Fsp3) is 0.348. The number of hydrogen-bond donors (Lipinski definition) is 6. The van der Waals surface area contributed by atoms with Crippen LogP contribution in [-0.4, -0.2) is 72.0 Å². The van der Waals surface area contributed by atoms with Gasteiger partial charge in [0, 0.05) is 23.7 Å². The second-order valence-electron chi connectivity index (χ2n) is 7.66. The number of anilines is 1. The second-order valence-corrected chi connectivity index (χ2v) is 10.3. The van der Waals surface area contributed by atoms with Crippen LogP contribution < -0.4 is 25.4 Å². The van der Waals surface area contributed by atoms with E-state index in [1.807, 2.05) is 18.4 Å². The molecule has 0 bridgehead atoms. The van der Waals surface area contributed by atoms with Crippen molar-refractivity contribution in [3.05, 3.63) is 42.0 Å². The zero-order chi connectivity index (χ0) is 26.1. The summed E-state index contributed by atoms with van der Waals surface area (Å²) in [5, 5.41) is 27.5. The van der Waals surface area contributed by atoms with Crippen LogP contribution in [0.3, 0.4) is 0 Å². The Labute approximate surface area is 221 Å². The number of aromatic hydroxyl groups is 1. The lowest BCUT2D eigenvalue weighted by molar-refractivity contribution is -0.141. The number of carbonyl (C=O) groups excluding carboxylic acids is 2. The molecule has 0 saturated carbocycles. The largest absolute Gasteiger partial charge is 0.508 e. The van der Waals surface area contributed by atoms with Crippen molar-refractivity contribution in [2.45, 2.75) is 21.9 Å². The van der Waals surface area contributed by atoms with E-state index < -0.39 is 29.9 Å². The summed E-state index contributed by atoms with van der Waals surface area (Å²) in [5.74, 6) is -1.73. The Morgan fingerprint density at radius 1 is 1.14 bits per heavy atom. The van der Waals surface area contributed by atoms with Gasteiger partial charge in [0.25, 0.3) is 5.91 Å². The molecule has 36 heavy (non-hydrogen) atoms. The number of carbonyl (C=O) groups is 3. The number of nitrogens with one attached hydrogen (secondary N) is 4. The van der Waals surface area contributed by atoms with Crippen molar-refractivity contribution < 1.29 is 29.3 Å². The molecule has 1 aliphatic rings. The fourth-order valence-electron chi connectivity index (χ4n) is 3.32. The van der Waals surface area contributed by atoms with Gasteiger partial charge in [-0.1, -0.05) is 12.1 Å². The molecule has 2 aromatic rings. The fourth-order valence-corrected chi connectivity index (χ4v) is 5.20. The molecule has 0 fully saturated rings. The summed E-state index contributed by atoms with van der Waals surface area (Å²) in [4.78, 5) is 39.1. The van der Waals surface area contributed by atoms with Crippen molar-refractivity contribution >= 4 is 58.9 Å². The van der Waals surface area contributed by atoms with Crippen LogP contribution in [-0.2, 0) is 14.4 Å². The smallest absolute Gasteiger partial charge is 0.327 e. The molecular formula is C23H28N4O6S3. The lowest BCUT2D eigenvalue weighted by atomic mass is 10.1. The lowest BCUT2D eigenvalue weighted by Crippen LogP contribution is -2.49. The zero-order valence-electron chi connectivity index (χ0n) is 19.7. The quantitative estimate of drug-likeness (QED) is 0.180. The topological polar surface area (TPSA) is 149 Å². The Morgan fingerprint density at radius 3 is 2.56 bits per heavy atom. The summed E-state index contributed by atoms with van der Waals surface area (Å²) < 4.78 is 9.05. The molecule has 2 atom stereocenters. The van der Waals surface area contributed by atoms with E-state index in [1.165, 1.54) is 59.7 Å². The molecule has 0 aromatic heterocycles. The highest BCUT2D eigenvalue weighted by atomic mass is 32.2. The minimum atomic E-state index is -1.18. The van der Waals surface area contributed by atoms with Gasteiger partial charge in [-0.3, -0.25) is 14.3 Å². The van der Waals surface area contributed by atoms with E-state index >= 15 is 0 Å². The maximum atomic E-state index is 13.0. The molecule has 0 saturated heterocycles. The molecule has 0 spiro atoms. The highest BCUT2D eigenvalue weighted by Gasteiger charge is 2.28. The number of hydrogen-bond acceptors (Lipinski definition) is 10. The van der Waals surface area contributed by atoms with Crippen molar-refractivity contribution in [1.82, 2.24) is 15.4 Å². The van der Waals surface area contributed by atoms with Gasteiger partial charge in [0.1, 0.15) is 23.6 Å². The van der Waals surface area contributed by atoms with Gasteiger partial charge in [0.05, 0.1) is 10.6 Å². The molecule has 1 heterocycles. The van der Waals surface area contributed by atoms with Crippen molar-refractivity contribution in [1.29, 1.82) is 0 Å². The van der Waals surface area contributed by atoms with E-state index in [0.29, 0.717) is 11.3 Å². The molecule has 2 amide bonds. The number of carboxylic acids is 1. The summed E-state index contributed by atoms with van der Waals surface area (Å²) in [6, 6.07) is 7.27. The number of fused-ring (bicyclic) bond motifs is 1. The normalized spacial score (nSPS) is 14.4. The van der Waals surface area contributed by atoms with Crippen LogP contribution in [0.4, 0.5) is 5.69 Å². The minimum absolute atomic E-state index is 0.00647. The summed E-state index contributed by atoms with van der Waals surface area (Å²) in [6.07, 6.45) is 3.64. The van der Waals surface area contributed by atoms with Crippen molar-refractivity contribution in [3.8, 4) is 11.5 Å². The Morgan fingerprint density at radius 2 is 1.89 bits per heavy atom. The van der Waals surface area contributed by atoms with Crippen LogP contribution in [0.25, 0.3) is 0 Å². The molecule has 0 aliphatic carbocycles. The third-order valence-electron chi connectivity index (χ3n) is 5.09. The van der Waals surface area contributed by atoms with E-state index in [1.54, 1.807) is 6.26 Å². The van der Waals surface area contributed by atoms with Gasteiger partial charge in [-0.05, 0) is 54.3 Å². The maximum Gasteiger partial charge on any atom is 0.327 e. The molecule has 194 valence electrons. The van der Waals surface area contributed by atoms with E-state index in [4.69, 9.17) is 4.74 Å². The van der Waals surface area contributed by atoms with Crippen LogP contribution in [0, 0.1) is 0 Å². The van der Waals surface area contributed by atoms with E-state index in [9.17, 15) is 24.6 Å². The standard InChI is InChI=1S/C23H28N4O6S3/c1-34-12-16(23(31)32)26-22(30)21(13-3-5-14(28)6-4-13)27-20(29)11-33-17-10-18-15(9-19(17)35-2)24-7-8-25-36-18/h3-6,9-10,16,21,24-25,28H,7-8,11-12H2,1-2H3,(H,26,30)(H,27,29)(H,31,32)/t16-,21+/m0/s1. The first-order valence-electron chi connectivity index (χ1n) is 10.9. The molecule has 0 unspecified atom stereocenters. The monoisotopic (exact) mass is 552 g/mol. The first-order chi connectivity index (χ1) is 17.3. The highest BCUT2D eigenvalue weighted by molar-refractivity contribution is 7.99. The molecule has 2 aromatic carbocycles. The van der Waals surface area contributed by atoms with Crippen molar-refractivity contribution in [2.75, 3.05) is 43.3 Å². The number of benzene rings is 2. The van der Waals surface area contributed by atoms with Gasteiger partial charge in [-0.15, -0.1) is 11.8 Å². The number of phenols is 1. The van der Waals surface area contributed by atoms with Crippen molar-refractivity contribution in [2.24, 2.45) is 0 Å². The Balaban J connectivity index is 1.74. The van der Waals surface area contributed by atoms with E-state index in [-0.39, 0.29) is 18.1 Å². The number of carboxylic acid groups (broad SMARTS) is 1. The average Bonchev–Trinajstić information content (AvgIpc) is 3.10. The third kappa shape index (κ3) is 7.63. The second kappa shape index (κ2) is 13.5. The van der Waals surface area contributed by atoms with Gasteiger partial charge in [-0.2, -0.15) is 11.8 Å². The van der Waals surface area contributed by atoms with Crippen LogP contribution in [0.15, 0.2) is 46.2 Å². The van der Waals surface area contributed by atoms with Gasteiger partial charge in [-0.25, -0.2) is 4.79 Å². The molecule has 10 nitrogen and oxygen atoms in total. The van der Waals surface area contributed by atoms with Gasteiger partial charge >= 0.3 is 5.97 Å². The van der Waals surface area contributed by atoms with E-state index in [0.717, 1.165) is 28.6 Å². The molecule has 13 heteroatoms. The summed E-state index contributed by atoms with van der Waals surface area (Å²) in [7, 11) is 0. The van der Waals surface area contributed by atoms with Gasteiger partial charge < -0.3 is 30.9 Å². The van der Waals surface area contributed by atoms with Crippen LogP contribution in [0.5, 0.6) is 11.5 Å². The number of phenolic OH excluding ortho intramolecular Hbond substituents is 1. The Hall–Kier alpha value is -2.74. The number of aliphatic carboxylic acids is 1. The highest BCUT2D eigenvalue weighted by Crippen LogP contribution is 2.38. The lowest BCUT2D eigenvalue weighted by Gasteiger charge is -2.22. The molecule has 3 rings (SSSR count). The molecule has 1 aliphatic heterocycles. The first kappa shape index (κ1) is 27.8. The summed E-state index contributed by atoms with van der Waals surface area (Å²) in [5.41, 5.74) is 1.36. The predicted molar refractivity (Wildman–Crippen MR) is 143 cm³/mol. The SMILES string of the molecule is CSC[C@H](NC(=O)[C@H](NC(=O)COc1cc2c(cc1SC)NCCNS2)c1ccc(O)cc1)C(=O)O. The number of thioether (sulfide) groups is 2. The molecule has 6 N–H and O–H groups in total. The Bertz CT molecular complexity index is 1090. The summed E-state index contributed by atoms with van der Waals surface area (Å²) >= 11 is 4.24. The average molecular weight is 553 g/mol. The summed E-state index contributed by atoms with van der Waals surface area (Å²) in [6.45, 7) is 1.23. The maximum absolute atomic E-state index is 13.0. The van der Waals surface area contributed by atoms with E-state index in [2.05, 4.69) is 20.7 Å². The predicted octanol–water partition coefficient (Wildman–Crippen LogP) is 2.30. The molecule has 0 radical (unpaired) electrons. The van der Waals surface area contributed by atoms with Crippen LogP contribution >= 0.6 is 35.5 Å². The van der Waals surface area contributed by atoms with Gasteiger partial charge in [0.2, 0.25) is 5.91 Å².